The van der Waals surface area contributed by atoms with Gasteiger partial charge in [0, 0.05) is 17.8 Å². The summed E-state index contributed by atoms with van der Waals surface area (Å²) in [6.45, 7) is 1.75. The van der Waals surface area contributed by atoms with Crippen molar-refractivity contribution in [1.29, 1.82) is 0 Å². The molecule has 0 aromatic carbocycles. The van der Waals surface area contributed by atoms with E-state index >= 15 is 0 Å². The van der Waals surface area contributed by atoms with Crippen LogP contribution < -0.4 is 0 Å². The van der Waals surface area contributed by atoms with Crippen molar-refractivity contribution in [1.82, 2.24) is 4.98 Å². The van der Waals surface area contributed by atoms with E-state index in [2.05, 4.69) is 9.72 Å². The van der Waals surface area contributed by atoms with Crippen LogP contribution in [0, 0.1) is 10.1 Å². The van der Waals surface area contributed by atoms with E-state index in [0.29, 0.717) is 0 Å². The summed E-state index contributed by atoms with van der Waals surface area (Å²) in [5.74, 6) is -0.685. The number of hydrogen-bond donors (Lipinski definition) is 2. The summed E-state index contributed by atoms with van der Waals surface area (Å²) >= 11 is 5.53. The molecule has 0 saturated carbocycles. The fraction of sp³-hybridized carbons (Fsp3) is 0.455. The van der Waals surface area contributed by atoms with Gasteiger partial charge in [-0.2, -0.15) is 0 Å². The van der Waals surface area contributed by atoms with Gasteiger partial charge in [-0.15, -0.1) is 0 Å². The van der Waals surface area contributed by atoms with Crippen LogP contribution in [0.1, 0.15) is 25.0 Å². The van der Waals surface area contributed by atoms with Crippen LogP contribution >= 0.6 is 11.6 Å². The molecule has 0 fully saturated rings. The highest BCUT2D eigenvalue weighted by molar-refractivity contribution is 6.31. The van der Waals surface area contributed by atoms with Crippen molar-refractivity contribution in [2.75, 3.05) is 6.61 Å². The number of esters is 1. The highest BCUT2D eigenvalue weighted by atomic mass is 35.5. The molecule has 1 aromatic rings. The molecule has 2 atom stereocenters. The fourth-order valence-corrected chi connectivity index (χ4v) is 1.64. The quantitative estimate of drug-likeness (QED) is 0.347. The van der Waals surface area contributed by atoms with Gasteiger partial charge in [-0.25, -0.2) is 4.98 Å². The molecule has 2 unspecified atom stereocenters. The third kappa shape index (κ3) is 4.12. The van der Waals surface area contributed by atoms with E-state index in [1.165, 1.54) is 0 Å². The first-order valence-corrected chi connectivity index (χ1v) is 6.06. The molecule has 0 bridgehead atoms. The lowest BCUT2D eigenvalue weighted by Crippen LogP contribution is -2.23. The maximum Gasteiger partial charge on any atom is 0.308 e. The molecule has 9 heteroatoms. The van der Waals surface area contributed by atoms with Gasteiger partial charge in [0.05, 0.1) is 24.1 Å². The molecule has 1 rings (SSSR count). The molecule has 0 aliphatic rings. The number of halogens is 1. The van der Waals surface area contributed by atoms with Gasteiger partial charge in [0.2, 0.25) is 5.15 Å². The third-order valence-corrected chi connectivity index (χ3v) is 2.72. The van der Waals surface area contributed by atoms with Crippen LogP contribution in [0.4, 0.5) is 5.69 Å². The Balaban J connectivity index is 2.86. The zero-order valence-corrected chi connectivity index (χ0v) is 11.3. The van der Waals surface area contributed by atoms with Crippen molar-refractivity contribution >= 4 is 23.3 Å². The third-order valence-electron chi connectivity index (χ3n) is 2.43. The Morgan fingerprint density at radius 2 is 2.25 bits per heavy atom. The summed E-state index contributed by atoms with van der Waals surface area (Å²) in [7, 11) is 0. The first-order valence-electron chi connectivity index (χ1n) is 5.68. The zero-order valence-electron chi connectivity index (χ0n) is 10.5. The van der Waals surface area contributed by atoms with Crippen molar-refractivity contribution in [3.05, 3.63) is 33.1 Å². The summed E-state index contributed by atoms with van der Waals surface area (Å²) in [5.41, 5.74) is -0.510. The Morgan fingerprint density at radius 3 is 2.80 bits per heavy atom. The Labute approximate surface area is 119 Å². The standard InChI is InChI=1S/C11H13ClN2O6/c1-2-20-9(16)4-8(15)10(17)6-3-7(14(18)19)11(12)13-5-6/h3,5,8,10,15,17H,2,4H2,1H3. The molecule has 110 valence electrons. The predicted octanol–water partition coefficient (Wildman–Crippen LogP) is 0.991. The van der Waals surface area contributed by atoms with Crippen LogP contribution in [0.15, 0.2) is 12.3 Å². The number of hydrogen-bond acceptors (Lipinski definition) is 7. The molecular formula is C11H13ClN2O6. The summed E-state index contributed by atoms with van der Waals surface area (Å²) in [5, 5.41) is 29.9. The number of rotatable bonds is 6. The number of aliphatic hydroxyl groups excluding tert-OH is 2. The monoisotopic (exact) mass is 304 g/mol. The largest absolute Gasteiger partial charge is 0.466 e. The first-order chi connectivity index (χ1) is 9.36. The zero-order chi connectivity index (χ0) is 15.3. The molecule has 1 aromatic heterocycles. The lowest BCUT2D eigenvalue weighted by atomic mass is 10.0. The molecule has 2 N–H and O–H groups in total. The maximum absolute atomic E-state index is 11.2. The topological polar surface area (TPSA) is 123 Å². The normalized spacial score (nSPS) is 13.6. The van der Waals surface area contributed by atoms with Gasteiger partial charge in [0.25, 0.3) is 0 Å². The number of carbonyl (C=O) groups excluding carboxylic acids is 1. The summed E-state index contributed by atoms with van der Waals surface area (Å²) < 4.78 is 4.62. The number of pyridine rings is 1. The highest BCUT2D eigenvalue weighted by Gasteiger charge is 2.25. The lowest BCUT2D eigenvalue weighted by Gasteiger charge is -2.17. The molecule has 0 saturated heterocycles. The average Bonchev–Trinajstić information content (AvgIpc) is 2.38. The second-order valence-electron chi connectivity index (χ2n) is 3.86. The summed E-state index contributed by atoms with van der Waals surface area (Å²) in [4.78, 5) is 24.7. The van der Waals surface area contributed by atoms with Gasteiger partial charge < -0.3 is 14.9 Å². The van der Waals surface area contributed by atoms with E-state index in [4.69, 9.17) is 11.6 Å². The van der Waals surface area contributed by atoms with Crippen molar-refractivity contribution < 1.29 is 24.7 Å². The van der Waals surface area contributed by atoms with Gasteiger partial charge in [-0.1, -0.05) is 11.6 Å². The van der Waals surface area contributed by atoms with Crippen LogP contribution in [0.2, 0.25) is 5.15 Å². The maximum atomic E-state index is 11.2. The number of carbonyl (C=O) groups is 1. The molecule has 0 amide bonds. The molecule has 0 aliphatic heterocycles. The van der Waals surface area contributed by atoms with Gasteiger partial charge in [-0.05, 0) is 6.92 Å². The van der Waals surface area contributed by atoms with E-state index in [1.54, 1.807) is 6.92 Å². The minimum absolute atomic E-state index is 0.0158. The minimum atomic E-state index is -1.51. The van der Waals surface area contributed by atoms with Gasteiger partial charge in [0.1, 0.15) is 6.10 Å². The molecule has 0 spiro atoms. The highest BCUT2D eigenvalue weighted by Crippen LogP contribution is 2.27. The van der Waals surface area contributed by atoms with Crippen LogP contribution in [0.5, 0.6) is 0 Å². The van der Waals surface area contributed by atoms with E-state index in [1.807, 2.05) is 0 Å². The Kier molecular flexibility index (Phi) is 5.81. The Morgan fingerprint density at radius 1 is 1.60 bits per heavy atom. The molecule has 0 aliphatic carbocycles. The fourth-order valence-electron chi connectivity index (χ4n) is 1.47. The van der Waals surface area contributed by atoms with Crippen LogP contribution in [0.25, 0.3) is 0 Å². The van der Waals surface area contributed by atoms with Crippen molar-refractivity contribution in [3.63, 3.8) is 0 Å². The number of nitrogens with zero attached hydrogens (tertiary/aromatic N) is 2. The Hall–Kier alpha value is -1.77. The molecule has 8 nitrogen and oxygen atoms in total. The Bertz CT molecular complexity index is 510. The predicted molar refractivity (Wildman–Crippen MR) is 68.1 cm³/mol. The van der Waals surface area contributed by atoms with Crippen LogP contribution in [-0.2, 0) is 9.53 Å². The molecule has 20 heavy (non-hydrogen) atoms. The van der Waals surface area contributed by atoms with Gasteiger partial charge >= 0.3 is 11.7 Å². The smallest absolute Gasteiger partial charge is 0.308 e. The second kappa shape index (κ2) is 7.13. The minimum Gasteiger partial charge on any atom is -0.466 e. The molecular weight excluding hydrogens is 292 g/mol. The lowest BCUT2D eigenvalue weighted by molar-refractivity contribution is -0.385. The SMILES string of the molecule is CCOC(=O)CC(O)C(O)c1cnc(Cl)c([N+](=O)[O-])c1. The number of ether oxygens (including phenoxy) is 1. The van der Waals surface area contributed by atoms with Crippen molar-refractivity contribution in [2.24, 2.45) is 0 Å². The van der Waals surface area contributed by atoms with Crippen molar-refractivity contribution in [3.8, 4) is 0 Å². The van der Waals surface area contributed by atoms with Gasteiger partial charge in [0.15, 0.2) is 0 Å². The van der Waals surface area contributed by atoms with Crippen LogP contribution in [0.3, 0.4) is 0 Å². The number of aliphatic hydroxyl groups is 2. The second-order valence-corrected chi connectivity index (χ2v) is 4.22. The summed E-state index contributed by atoms with van der Waals surface area (Å²) in [6, 6.07) is 0.994. The molecule has 0 radical (unpaired) electrons. The molecule has 1 heterocycles. The van der Waals surface area contributed by atoms with Gasteiger partial charge in [-0.3, -0.25) is 14.9 Å². The van der Waals surface area contributed by atoms with E-state index in [9.17, 15) is 25.1 Å². The van der Waals surface area contributed by atoms with E-state index in [0.717, 1.165) is 12.3 Å². The average molecular weight is 305 g/mol. The number of nitro groups is 1. The van der Waals surface area contributed by atoms with E-state index < -0.39 is 35.2 Å². The first kappa shape index (κ1) is 16.3. The van der Waals surface area contributed by atoms with E-state index in [-0.39, 0.29) is 17.3 Å². The van der Waals surface area contributed by atoms with Crippen molar-refractivity contribution in [2.45, 2.75) is 25.6 Å². The summed E-state index contributed by atoms with van der Waals surface area (Å²) in [6.07, 6.45) is -2.32. The van der Waals surface area contributed by atoms with Crippen LogP contribution in [-0.4, -0.2) is 38.8 Å². The number of aromatic nitrogens is 1.